The van der Waals surface area contributed by atoms with Crippen LogP contribution >= 0.6 is 0 Å². The number of hydrogen-bond donors (Lipinski definition) is 1. The van der Waals surface area contributed by atoms with Crippen molar-refractivity contribution in [2.75, 3.05) is 38.1 Å². The molecule has 1 amide bonds. The zero-order valence-corrected chi connectivity index (χ0v) is 16.4. The van der Waals surface area contributed by atoms with Crippen LogP contribution in [0.3, 0.4) is 0 Å². The molecule has 0 aliphatic carbocycles. The lowest BCUT2D eigenvalue weighted by molar-refractivity contribution is -0.127. The Bertz CT molecular complexity index is 735. The molecule has 0 spiro atoms. The summed E-state index contributed by atoms with van der Waals surface area (Å²) in [7, 11) is 2.16. The molecule has 5 nitrogen and oxygen atoms in total. The SMILES string of the molecule is Cc1ccc(O[C@@H](C)C(=O)NCc2ccc(N3CCN(C)CC3)cc2)cc1. The third-order valence-electron chi connectivity index (χ3n) is 4.97. The minimum atomic E-state index is -0.530. The molecule has 0 saturated carbocycles. The maximum Gasteiger partial charge on any atom is 0.261 e. The van der Waals surface area contributed by atoms with Crippen LogP contribution in [0.15, 0.2) is 48.5 Å². The Morgan fingerprint density at radius 2 is 1.67 bits per heavy atom. The fraction of sp³-hybridized carbons (Fsp3) is 0.409. The van der Waals surface area contributed by atoms with Crippen molar-refractivity contribution in [1.29, 1.82) is 0 Å². The van der Waals surface area contributed by atoms with Gasteiger partial charge in [-0.2, -0.15) is 0 Å². The van der Waals surface area contributed by atoms with Gasteiger partial charge in [-0.1, -0.05) is 29.8 Å². The first-order valence-corrected chi connectivity index (χ1v) is 9.55. The zero-order chi connectivity index (χ0) is 19.2. The molecule has 1 atom stereocenters. The van der Waals surface area contributed by atoms with Gasteiger partial charge in [0.1, 0.15) is 5.75 Å². The second kappa shape index (κ2) is 8.91. The Morgan fingerprint density at radius 3 is 2.30 bits per heavy atom. The summed E-state index contributed by atoms with van der Waals surface area (Å²) < 4.78 is 5.70. The number of hydrogen-bond acceptors (Lipinski definition) is 4. The first-order valence-electron chi connectivity index (χ1n) is 9.55. The number of rotatable bonds is 6. The van der Waals surface area contributed by atoms with Gasteiger partial charge in [0, 0.05) is 38.4 Å². The number of benzene rings is 2. The van der Waals surface area contributed by atoms with Crippen LogP contribution in [-0.4, -0.2) is 50.1 Å². The van der Waals surface area contributed by atoms with E-state index in [4.69, 9.17) is 4.74 Å². The third kappa shape index (κ3) is 5.47. The van der Waals surface area contributed by atoms with Crippen molar-refractivity contribution >= 4 is 11.6 Å². The maximum absolute atomic E-state index is 12.3. The lowest BCUT2D eigenvalue weighted by Gasteiger charge is -2.34. The molecule has 2 aromatic rings. The lowest BCUT2D eigenvalue weighted by Crippen LogP contribution is -2.44. The molecule has 0 radical (unpaired) electrons. The number of carbonyl (C=O) groups is 1. The van der Waals surface area contributed by atoms with Crippen molar-refractivity contribution in [2.45, 2.75) is 26.5 Å². The summed E-state index contributed by atoms with van der Waals surface area (Å²) in [6, 6.07) is 16.2. The number of ether oxygens (including phenoxy) is 1. The van der Waals surface area contributed by atoms with Gasteiger partial charge < -0.3 is 19.9 Å². The van der Waals surface area contributed by atoms with E-state index in [2.05, 4.69) is 46.4 Å². The Kier molecular flexibility index (Phi) is 6.35. The molecule has 0 bridgehead atoms. The van der Waals surface area contributed by atoms with Crippen LogP contribution in [0.25, 0.3) is 0 Å². The Balaban J connectivity index is 1.47. The largest absolute Gasteiger partial charge is 0.481 e. The highest BCUT2D eigenvalue weighted by molar-refractivity contribution is 5.80. The number of carbonyl (C=O) groups excluding carboxylic acids is 1. The fourth-order valence-electron chi connectivity index (χ4n) is 3.10. The molecule has 5 heteroatoms. The van der Waals surface area contributed by atoms with Crippen molar-refractivity contribution in [1.82, 2.24) is 10.2 Å². The first kappa shape index (κ1) is 19.2. The fourth-order valence-corrected chi connectivity index (χ4v) is 3.10. The van der Waals surface area contributed by atoms with Crippen molar-refractivity contribution in [3.63, 3.8) is 0 Å². The van der Waals surface area contributed by atoms with E-state index in [1.807, 2.05) is 31.2 Å². The number of nitrogens with zero attached hydrogens (tertiary/aromatic N) is 2. The van der Waals surface area contributed by atoms with Gasteiger partial charge in [0.05, 0.1) is 0 Å². The van der Waals surface area contributed by atoms with Crippen molar-refractivity contribution in [2.24, 2.45) is 0 Å². The van der Waals surface area contributed by atoms with Crippen LogP contribution in [0.4, 0.5) is 5.69 Å². The Labute approximate surface area is 161 Å². The predicted molar refractivity (Wildman–Crippen MR) is 109 cm³/mol. The standard InChI is InChI=1S/C22H29N3O2/c1-17-4-10-21(11-5-17)27-18(2)22(26)23-16-19-6-8-20(9-7-19)25-14-12-24(3)13-15-25/h4-11,18H,12-16H2,1-3H3,(H,23,26)/t18-/m0/s1. The van der Waals surface area contributed by atoms with Crippen LogP contribution in [0.5, 0.6) is 5.75 Å². The van der Waals surface area contributed by atoms with Crippen LogP contribution in [0, 0.1) is 6.92 Å². The second-order valence-corrected chi connectivity index (χ2v) is 7.25. The number of piperazine rings is 1. The lowest BCUT2D eigenvalue weighted by atomic mass is 10.1. The topological polar surface area (TPSA) is 44.8 Å². The summed E-state index contributed by atoms with van der Waals surface area (Å²) in [5.74, 6) is 0.596. The summed E-state index contributed by atoms with van der Waals surface area (Å²) in [6.07, 6.45) is -0.530. The van der Waals surface area contributed by atoms with E-state index in [1.165, 1.54) is 11.3 Å². The van der Waals surface area contributed by atoms with E-state index in [-0.39, 0.29) is 5.91 Å². The maximum atomic E-state index is 12.3. The number of aryl methyl sites for hydroxylation is 1. The highest BCUT2D eigenvalue weighted by Crippen LogP contribution is 2.17. The quantitative estimate of drug-likeness (QED) is 0.853. The molecule has 0 aromatic heterocycles. The average Bonchev–Trinajstić information content (AvgIpc) is 2.69. The minimum absolute atomic E-state index is 0.112. The van der Waals surface area contributed by atoms with Crippen LogP contribution < -0.4 is 15.0 Å². The van der Waals surface area contributed by atoms with Gasteiger partial charge >= 0.3 is 0 Å². The van der Waals surface area contributed by atoms with Gasteiger partial charge in [0.2, 0.25) is 0 Å². The number of likely N-dealkylation sites (N-methyl/N-ethyl adjacent to an activating group) is 1. The molecule has 1 heterocycles. The van der Waals surface area contributed by atoms with Crippen LogP contribution in [0.1, 0.15) is 18.1 Å². The highest BCUT2D eigenvalue weighted by atomic mass is 16.5. The van der Waals surface area contributed by atoms with Gasteiger partial charge in [-0.15, -0.1) is 0 Å². The number of anilines is 1. The molecular weight excluding hydrogens is 338 g/mol. The molecule has 1 saturated heterocycles. The predicted octanol–water partition coefficient (Wildman–Crippen LogP) is 2.83. The molecular formula is C22H29N3O2. The van der Waals surface area contributed by atoms with E-state index in [9.17, 15) is 4.79 Å². The summed E-state index contributed by atoms with van der Waals surface area (Å²) >= 11 is 0. The molecule has 1 N–H and O–H groups in total. The molecule has 27 heavy (non-hydrogen) atoms. The van der Waals surface area contributed by atoms with Gasteiger partial charge in [-0.05, 0) is 50.7 Å². The van der Waals surface area contributed by atoms with E-state index < -0.39 is 6.10 Å². The van der Waals surface area contributed by atoms with E-state index >= 15 is 0 Å². The van der Waals surface area contributed by atoms with Gasteiger partial charge in [0.25, 0.3) is 5.91 Å². The first-order chi connectivity index (χ1) is 13.0. The summed E-state index contributed by atoms with van der Waals surface area (Å²) in [5.41, 5.74) is 3.50. The molecule has 1 aliphatic rings. The third-order valence-corrected chi connectivity index (χ3v) is 4.97. The molecule has 1 aliphatic heterocycles. The Morgan fingerprint density at radius 1 is 1.04 bits per heavy atom. The van der Waals surface area contributed by atoms with E-state index in [1.54, 1.807) is 6.92 Å². The summed E-state index contributed by atoms with van der Waals surface area (Å²) in [6.45, 7) is 8.60. The van der Waals surface area contributed by atoms with E-state index in [0.29, 0.717) is 12.3 Å². The summed E-state index contributed by atoms with van der Waals surface area (Å²) in [5, 5.41) is 2.95. The highest BCUT2D eigenvalue weighted by Gasteiger charge is 2.15. The van der Waals surface area contributed by atoms with Gasteiger partial charge in [-0.3, -0.25) is 4.79 Å². The number of amides is 1. The van der Waals surface area contributed by atoms with E-state index in [0.717, 1.165) is 31.7 Å². The van der Waals surface area contributed by atoms with Crippen LogP contribution in [-0.2, 0) is 11.3 Å². The number of nitrogens with one attached hydrogen (secondary N) is 1. The van der Waals surface area contributed by atoms with Crippen molar-refractivity contribution in [3.05, 3.63) is 59.7 Å². The zero-order valence-electron chi connectivity index (χ0n) is 16.4. The Hall–Kier alpha value is -2.53. The van der Waals surface area contributed by atoms with Crippen LogP contribution in [0.2, 0.25) is 0 Å². The monoisotopic (exact) mass is 367 g/mol. The molecule has 0 unspecified atom stereocenters. The van der Waals surface area contributed by atoms with Crippen molar-refractivity contribution < 1.29 is 9.53 Å². The smallest absolute Gasteiger partial charge is 0.261 e. The van der Waals surface area contributed by atoms with Gasteiger partial charge in [-0.25, -0.2) is 0 Å². The average molecular weight is 367 g/mol. The van der Waals surface area contributed by atoms with Crippen molar-refractivity contribution in [3.8, 4) is 5.75 Å². The minimum Gasteiger partial charge on any atom is -0.481 e. The molecule has 1 fully saturated rings. The molecule has 2 aromatic carbocycles. The molecule has 144 valence electrons. The summed E-state index contributed by atoms with van der Waals surface area (Å²) in [4.78, 5) is 17.0. The molecule has 3 rings (SSSR count). The van der Waals surface area contributed by atoms with Gasteiger partial charge in [0.15, 0.2) is 6.10 Å². The second-order valence-electron chi connectivity index (χ2n) is 7.25. The normalized spacial score (nSPS) is 16.0.